The molecule has 0 bridgehead atoms. The van der Waals surface area contributed by atoms with Gasteiger partial charge >= 0.3 is 0 Å². The Morgan fingerprint density at radius 1 is 1.42 bits per heavy atom. The van der Waals surface area contributed by atoms with E-state index >= 15 is 0 Å². The van der Waals surface area contributed by atoms with Crippen LogP contribution in [0.15, 0.2) is 10.9 Å². The molecule has 0 radical (unpaired) electrons. The molecule has 1 aliphatic heterocycles. The molecule has 5 heteroatoms. The van der Waals surface area contributed by atoms with E-state index in [2.05, 4.69) is 14.7 Å². The molecule has 0 aliphatic carbocycles. The number of hydrogen-bond acceptors (Lipinski definition) is 5. The third kappa shape index (κ3) is 1.21. The number of ether oxygens (including phenoxy) is 1. The number of nitrogens with two attached hydrogens (primary N) is 1. The summed E-state index contributed by atoms with van der Waals surface area (Å²) in [6, 6.07) is 0. The number of rotatable bonds is 1. The fraction of sp³-hybridized carbons (Fsp3) is 0.714. The van der Waals surface area contributed by atoms with Crippen LogP contribution in [0.4, 0.5) is 0 Å². The minimum atomic E-state index is -0.439. The monoisotopic (exact) mass is 169 g/mol. The van der Waals surface area contributed by atoms with Crippen molar-refractivity contribution in [3.63, 3.8) is 0 Å². The molecule has 1 fully saturated rings. The first-order chi connectivity index (χ1) is 5.81. The Bertz CT molecular complexity index is 241. The van der Waals surface area contributed by atoms with Gasteiger partial charge in [0, 0.05) is 13.2 Å². The Kier molecular flexibility index (Phi) is 1.82. The van der Waals surface area contributed by atoms with Crippen LogP contribution in [0.25, 0.3) is 0 Å². The summed E-state index contributed by atoms with van der Waals surface area (Å²) < 4.78 is 9.85. The van der Waals surface area contributed by atoms with E-state index in [0.717, 1.165) is 12.8 Å². The average molecular weight is 169 g/mol. The van der Waals surface area contributed by atoms with Crippen LogP contribution in [0.5, 0.6) is 0 Å². The second-order valence-corrected chi connectivity index (χ2v) is 3.02. The summed E-state index contributed by atoms with van der Waals surface area (Å²) >= 11 is 0. The minimum Gasteiger partial charge on any atom is -0.381 e. The Labute approximate surface area is 69.9 Å². The summed E-state index contributed by atoms with van der Waals surface area (Å²) in [6.45, 7) is 1.34. The van der Waals surface area contributed by atoms with Crippen molar-refractivity contribution >= 4 is 0 Å². The van der Waals surface area contributed by atoms with Gasteiger partial charge in [-0.25, -0.2) is 0 Å². The molecule has 0 amide bonds. The predicted molar refractivity (Wildman–Crippen MR) is 40.2 cm³/mol. The van der Waals surface area contributed by atoms with E-state index in [9.17, 15) is 0 Å². The first kappa shape index (κ1) is 7.70. The average Bonchev–Trinajstić information content (AvgIpc) is 2.58. The highest BCUT2D eigenvalue weighted by Crippen LogP contribution is 2.25. The predicted octanol–water partition coefficient (Wildman–Crippen LogP) is 0.0340. The molecule has 1 aromatic rings. The van der Waals surface area contributed by atoms with Gasteiger partial charge in [0.05, 0.1) is 5.54 Å². The molecule has 0 unspecified atom stereocenters. The first-order valence-electron chi connectivity index (χ1n) is 3.95. The van der Waals surface area contributed by atoms with E-state index < -0.39 is 5.54 Å². The summed E-state index contributed by atoms with van der Waals surface area (Å²) in [7, 11) is 0. The van der Waals surface area contributed by atoms with Crippen molar-refractivity contribution in [1.29, 1.82) is 0 Å². The standard InChI is InChI=1S/C7H11N3O2/c8-7(1-3-11-4-2-7)6-9-5-12-10-6/h5H,1-4,8H2. The Hall–Kier alpha value is -0.940. The molecule has 0 aromatic carbocycles. The van der Waals surface area contributed by atoms with Gasteiger partial charge in [-0.15, -0.1) is 0 Å². The van der Waals surface area contributed by atoms with Crippen LogP contribution in [0, 0.1) is 0 Å². The number of nitrogens with zero attached hydrogens (tertiary/aromatic N) is 2. The highest BCUT2D eigenvalue weighted by Gasteiger charge is 2.33. The third-order valence-electron chi connectivity index (χ3n) is 2.19. The molecule has 0 spiro atoms. The van der Waals surface area contributed by atoms with Crippen LogP contribution in [0.3, 0.4) is 0 Å². The Balaban J connectivity index is 2.19. The molecule has 1 aliphatic rings. The highest BCUT2D eigenvalue weighted by atomic mass is 16.5. The second kappa shape index (κ2) is 2.84. The van der Waals surface area contributed by atoms with Crippen molar-refractivity contribution in [3.8, 4) is 0 Å². The van der Waals surface area contributed by atoms with Gasteiger partial charge in [0.25, 0.3) is 0 Å². The molecule has 0 saturated carbocycles. The quantitative estimate of drug-likeness (QED) is 0.642. The zero-order valence-corrected chi connectivity index (χ0v) is 6.69. The van der Waals surface area contributed by atoms with Crippen molar-refractivity contribution < 1.29 is 9.26 Å². The Morgan fingerprint density at radius 2 is 2.17 bits per heavy atom. The van der Waals surface area contributed by atoms with Gasteiger partial charge in [-0.3, -0.25) is 0 Å². The molecular formula is C7H11N3O2. The lowest BCUT2D eigenvalue weighted by molar-refractivity contribution is 0.0484. The van der Waals surface area contributed by atoms with Crippen LogP contribution in [-0.4, -0.2) is 23.4 Å². The van der Waals surface area contributed by atoms with Gasteiger partial charge in [-0.05, 0) is 12.8 Å². The molecule has 2 rings (SSSR count). The maximum Gasteiger partial charge on any atom is 0.213 e. The van der Waals surface area contributed by atoms with Crippen molar-refractivity contribution in [2.24, 2.45) is 5.73 Å². The normalized spacial score (nSPS) is 22.4. The smallest absolute Gasteiger partial charge is 0.213 e. The number of aromatic nitrogens is 2. The molecule has 2 N–H and O–H groups in total. The first-order valence-corrected chi connectivity index (χ1v) is 3.95. The SMILES string of the molecule is NC1(c2ncon2)CCOCC1. The van der Waals surface area contributed by atoms with E-state index in [1.54, 1.807) is 0 Å². The van der Waals surface area contributed by atoms with E-state index in [1.807, 2.05) is 0 Å². The minimum absolute atomic E-state index is 0.439. The van der Waals surface area contributed by atoms with Crippen LogP contribution in [-0.2, 0) is 10.3 Å². The van der Waals surface area contributed by atoms with E-state index in [0.29, 0.717) is 19.0 Å². The number of hydrogen-bond donors (Lipinski definition) is 1. The summed E-state index contributed by atoms with van der Waals surface area (Å²) in [6.07, 6.45) is 2.82. The van der Waals surface area contributed by atoms with Gasteiger partial charge in [-0.1, -0.05) is 5.16 Å². The van der Waals surface area contributed by atoms with E-state index in [4.69, 9.17) is 10.5 Å². The molecule has 12 heavy (non-hydrogen) atoms. The van der Waals surface area contributed by atoms with Crippen molar-refractivity contribution in [1.82, 2.24) is 10.1 Å². The molecule has 0 atom stereocenters. The fourth-order valence-corrected chi connectivity index (χ4v) is 1.35. The summed E-state index contributed by atoms with van der Waals surface area (Å²) in [4.78, 5) is 3.95. The maximum absolute atomic E-state index is 6.06. The van der Waals surface area contributed by atoms with Crippen molar-refractivity contribution in [2.45, 2.75) is 18.4 Å². The van der Waals surface area contributed by atoms with Crippen molar-refractivity contribution in [3.05, 3.63) is 12.2 Å². The molecule has 1 aromatic heterocycles. The fourth-order valence-electron chi connectivity index (χ4n) is 1.35. The summed E-state index contributed by atoms with van der Waals surface area (Å²) in [5, 5.41) is 3.74. The van der Waals surface area contributed by atoms with E-state index in [1.165, 1.54) is 6.39 Å². The van der Waals surface area contributed by atoms with Gasteiger partial charge in [0.15, 0.2) is 5.82 Å². The van der Waals surface area contributed by atoms with Gasteiger partial charge in [0.2, 0.25) is 6.39 Å². The summed E-state index contributed by atoms with van der Waals surface area (Å²) in [5.74, 6) is 0.589. The van der Waals surface area contributed by atoms with Gasteiger partial charge in [0.1, 0.15) is 0 Å². The molecule has 2 heterocycles. The highest BCUT2D eigenvalue weighted by molar-refractivity contribution is 5.02. The largest absolute Gasteiger partial charge is 0.381 e. The molecular weight excluding hydrogens is 158 g/mol. The zero-order chi connectivity index (χ0) is 8.44. The third-order valence-corrected chi connectivity index (χ3v) is 2.19. The van der Waals surface area contributed by atoms with E-state index in [-0.39, 0.29) is 0 Å². The van der Waals surface area contributed by atoms with Gasteiger partial charge < -0.3 is 15.0 Å². The van der Waals surface area contributed by atoms with Gasteiger partial charge in [-0.2, -0.15) is 4.98 Å². The van der Waals surface area contributed by atoms with Crippen LogP contribution < -0.4 is 5.73 Å². The van der Waals surface area contributed by atoms with Crippen LogP contribution >= 0.6 is 0 Å². The second-order valence-electron chi connectivity index (χ2n) is 3.02. The lowest BCUT2D eigenvalue weighted by atomic mass is 9.91. The molecule has 66 valence electrons. The topological polar surface area (TPSA) is 74.2 Å². The summed E-state index contributed by atoms with van der Waals surface area (Å²) in [5.41, 5.74) is 5.62. The lowest BCUT2D eigenvalue weighted by Crippen LogP contribution is -2.43. The Morgan fingerprint density at radius 3 is 2.75 bits per heavy atom. The lowest BCUT2D eigenvalue weighted by Gasteiger charge is -2.29. The molecule has 1 saturated heterocycles. The maximum atomic E-state index is 6.06. The van der Waals surface area contributed by atoms with Crippen molar-refractivity contribution in [2.75, 3.05) is 13.2 Å². The van der Waals surface area contributed by atoms with Crippen LogP contribution in [0.2, 0.25) is 0 Å². The molecule has 5 nitrogen and oxygen atoms in total. The van der Waals surface area contributed by atoms with Crippen LogP contribution in [0.1, 0.15) is 18.7 Å². The zero-order valence-electron chi connectivity index (χ0n) is 6.69.